The molecule has 2 atom stereocenters. The number of benzene rings is 1. The first-order valence-corrected chi connectivity index (χ1v) is 9.77. The van der Waals surface area contributed by atoms with Gasteiger partial charge in [0.15, 0.2) is 0 Å². The highest BCUT2D eigenvalue weighted by Crippen LogP contribution is 2.37. The SMILES string of the molecule is CC/C(=C\[C@@H]1OC(C)(C)N(C(=O)OCc2ccccc2)[C@H]1CC(C)C)C(=O)O. The average Bonchev–Trinajstić information content (AvgIpc) is 2.87. The average molecular weight is 389 g/mol. The van der Waals surface area contributed by atoms with Crippen LogP contribution in [0.5, 0.6) is 0 Å². The summed E-state index contributed by atoms with van der Waals surface area (Å²) in [5.41, 5.74) is 0.296. The van der Waals surface area contributed by atoms with Crippen LogP contribution in [0.3, 0.4) is 0 Å². The van der Waals surface area contributed by atoms with E-state index in [2.05, 4.69) is 13.8 Å². The Hall–Kier alpha value is -2.34. The van der Waals surface area contributed by atoms with Gasteiger partial charge in [-0.25, -0.2) is 9.59 Å². The molecule has 1 saturated heterocycles. The Morgan fingerprint density at radius 2 is 1.93 bits per heavy atom. The lowest BCUT2D eigenvalue weighted by Gasteiger charge is -2.33. The van der Waals surface area contributed by atoms with Crippen molar-refractivity contribution in [1.29, 1.82) is 0 Å². The van der Waals surface area contributed by atoms with Crippen LogP contribution in [0, 0.1) is 5.92 Å². The molecule has 0 spiro atoms. The number of carbonyl (C=O) groups excluding carboxylic acids is 1. The quantitative estimate of drug-likeness (QED) is 0.690. The smallest absolute Gasteiger partial charge is 0.412 e. The van der Waals surface area contributed by atoms with Crippen molar-refractivity contribution in [2.45, 2.75) is 71.9 Å². The maximum absolute atomic E-state index is 12.9. The van der Waals surface area contributed by atoms with Gasteiger partial charge < -0.3 is 14.6 Å². The van der Waals surface area contributed by atoms with Gasteiger partial charge in [-0.3, -0.25) is 4.90 Å². The highest BCUT2D eigenvalue weighted by molar-refractivity contribution is 5.86. The summed E-state index contributed by atoms with van der Waals surface area (Å²) in [6.07, 6.45) is 1.77. The van der Waals surface area contributed by atoms with Gasteiger partial charge in [-0.2, -0.15) is 0 Å². The summed E-state index contributed by atoms with van der Waals surface area (Å²) >= 11 is 0. The van der Waals surface area contributed by atoms with Crippen molar-refractivity contribution in [3.8, 4) is 0 Å². The lowest BCUT2D eigenvalue weighted by atomic mass is 9.96. The summed E-state index contributed by atoms with van der Waals surface area (Å²) in [6, 6.07) is 9.21. The third-order valence-corrected chi connectivity index (χ3v) is 4.85. The van der Waals surface area contributed by atoms with E-state index >= 15 is 0 Å². The third-order valence-electron chi connectivity index (χ3n) is 4.85. The van der Waals surface area contributed by atoms with Crippen LogP contribution in [-0.4, -0.2) is 39.9 Å². The number of nitrogens with zero attached hydrogens (tertiary/aromatic N) is 1. The summed E-state index contributed by atoms with van der Waals surface area (Å²) in [4.78, 5) is 26.0. The lowest BCUT2D eigenvalue weighted by Crippen LogP contribution is -2.48. The number of hydrogen-bond acceptors (Lipinski definition) is 4. The zero-order chi connectivity index (χ0) is 20.9. The fraction of sp³-hybridized carbons (Fsp3) is 0.545. The van der Waals surface area contributed by atoms with Gasteiger partial charge in [0.1, 0.15) is 12.3 Å². The van der Waals surface area contributed by atoms with E-state index in [9.17, 15) is 14.7 Å². The molecule has 2 rings (SSSR count). The van der Waals surface area contributed by atoms with Gasteiger partial charge in [0.2, 0.25) is 0 Å². The number of amides is 1. The molecule has 6 heteroatoms. The summed E-state index contributed by atoms with van der Waals surface area (Å²) in [7, 11) is 0. The molecular formula is C22H31NO5. The number of carbonyl (C=O) groups is 2. The first-order valence-electron chi connectivity index (χ1n) is 9.77. The van der Waals surface area contributed by atoms with Crippen LogP contribution in [0.4, 0.5) is 4.79 Å². The Morgan fingerprint density at radius 1 is 1.29 bits per heavy atom. The van der Waals surface area contributed by atoms with Gasteiger partial charge in [0, 0.05) is 5.57 Å². The van der Waals surface area contributed by atoms with Crippen LogP contribution in [0.25, 0.3) is 0 Å². The largest absolute Gasteiger partial charge is 0.478 e. The minimum absolute atomic E-state index is 0.177. The van der Waals surface area contributed by atoms with E-state index < -0.39 is 23.9 Å². The van der Waals surface area contributed by atoms with Gasteiger partial charge >= 0.3 is 12.1 Å². The fourth-order valence-corrected chi connectivity index (χ4v) is 3.56. The van der Waals surface area contributed by atoms with Crippen molar-refractivity contribution in [3.05, 3.63) is 47.5 Å². The van der Waals surface area contributed by atoms with Crippen LogP contribution in [0.1, 0.15) is 53.0 Å². The van der Waals surface area contributed by atoms with Crippen molar-refractivity contribution in [2.24, 2.45) is 5.92 Å². The molecule has 1 aromatic rings. The van der Waals surface area contributed by atoms with Gasteiger partial charge in [0.25, 0.3) is 0 Å². The minimum atomic E-state index is -0.961. The minimum Gasteiger partial charge on any atom is -0.478 e. The summed E-state index contributed by atoms with van der Waals surface area (Å²) in [5, 5.41) is 9.39. The topological polar surface area (TPSA) is 76.1 Å². The molecule has 0 aliphatic carbocycles. The van der Waals surface area contributed by atoms with Crippen LogP contribution < -0.4 is 0 Å². The second-order valence-corrected chi connectivity index (χ2v) is 7.99. The molecule has 1 heterocycles. The summed E-state index contributed by atoms with van der Waals surface area (Å²) in [6.45, 7) is 9.73. The third kappa shape index (κ3) is 5.35. The first-order chi connectivity index (χ1) is 13.2. The van der Waals surface area contributed by atoms with E-state index in [0.29, 0.717) is 18.8 Å². The molecule has 1 aliphatic heterocycles. The van der Waals surface area contributed by atoms with E-state index in [1.165, 1.54) is 0 Å². The lowest BCUT2D eigenvalue weighted by molar-refractivity contribution is -0.133. The van der Waals surface area contributed by atoms with Gasteiger partial charge in [-0.1, -0.05) is 51.1 Å². The first kappa shape index (κ1) is 22.0. The highest BCUT2D eigenvalue weighted by atomic mass is 16.6. The molecule has 1 aliphatic rings. The van der Waals surface area contributed by atoms with Gasteiger partial charge in [0.05, 0.1) is 12.1 Å². The van der Waals surface area contributed by atoms with E-state index in [1.54, 1.807) is 17.9 Å². The molecule has 0 saturated carbocycles. The molecule has 1 amide bonds. The van der Waals surface area contributed by atoms with Crippen LogP contribution >= 0.6 is 0 Å². The van der Waals surface area contributed by atoms with Crippen molar-refractivity contribution >= 4 is 12.1 Å². The Morgan fingerprint density at radius 3 is 2.46 bits per heavy atom. The Balaban J connectivity index is 2.25. The Labute approximate surface area is 167 Å². The molecule has 0 aromatic heterocycles. The number of hydrogen-bond donors (Lipinski definition) is 1. The van der Waals surface area contributed by atoms with Gasteiger partial charge in [-0.05, 0) is 44.2 Å². The van der Waals surface area contributed by atoms with Crippen molar-refractivity contribution in [2.75, 3.05) is 0 Å². The van der Waals surface area contributed by atoms with Crippen molar-refractivity contribution in [1.82, 2.24) is 4.90 Å². The highest BCUT2D eigenvalue weighted by Gasteiger charge is 2.50. The zero-order valence-electron chi connectivity index (χ0n) is 17.3. The molecule has 1 fully saturated rings. The maximum Gasteiger partial charge on any atom is 0.412 e. The number of carboxylic acid groups (broad SMARTS) is 1. The predicted octanol–water partition coefficient (Wildman–Crippen LogP) is 4.60. The zero-order valence-corrected chi connectivity index (χ0v) is 17.3. The molecule has 1 N–H and O–H groups in total. The summed E-state index contributed by atoms with van der Waals surface area (Å²) in [5.74, 6) is -0.657. The van der Waals surface area contributed by atoms with Crippen molar-refractivity contribution in [3.63, 3.8) is 0 Å². The van der Waals surface area contributed by atoms with E-state index in [4.69, 9.17) is 9.47 Å². The van der Waals surface area contributed by atoms with Crippen LogP contribution in [0.15, 0.2) is 42.0 Å². The molecule has 6 nitrogen and oxygen atoms in total. The molecular weight excluding hydrogens is 358 g/mol. The van der Waals surface area contributed by atoms with E-state index in [-0.39, 0.29) is 18.2 Å². The molecule has 28 heavy (non-hydrogen) atoms. The monoisotopic (exact) mass is 389 g/mol. The second-order valence-electron chi connectivity index (χ2n) is 7.99. The van der Waals surface area contributed by atoms with Crippen LogP contribution in [0.2, 0.25) is 0 Å². The standard InChI is InChI=1S/C22H31NO5/c1-6-17(20(24)25)13-19-18(12-15(2)3)23(22(4,5)28-19)21(26)27-14-16-10-8-7-9-11-16/h7-11,13,15,18-19H,6,12,14H2,1-5H3,(H,24,25)/b17-13+/t18-,19-/m0/s1. The number of ether oxygens (including phenoxy) is 2. The van der Waals surface area contributed by atoms with E-state index in [0.717, 1.165) is 5.56 Å². The number of rotatable bonds is 7. The molecule has 1 aromatic carbocycles. The molecule has 0 unspecified atom stereocenters. The second kappa shape index (κ2) is 9.24. The molecule has 154 valence electrons. The number of aliphatic carboxylic acids is 1. The number of carboxylic acids is 1. The summed E-state index contributed by atoms with van der Waals surface area (Å²) < 4.78 is 11.7. The van der Waals surface area contributed by atoms with Crippen molar-refractivity contribution < 1.29 is 24.2 Å². The Bertz CT molecular complexity index is 711. The fourth-order valence-electron chi connectivity index (χ4n) is 3.56. The Kier molecular flexibility index (Phi) is 7.24. The van der Waals surface area contributed by atoms with Gasteiger partial charge in [-0.15, -0.1) is 0 Å². The molecule has 0 bridgehead atoms. The normalized spacial score (nSPS) is 21.8. The van der Waals surface area contributed by atoms with Crippen LogP contribution in [-0.2, 0) is 20.9 Å². The maximum atomic E-state index is 12.9. The molecule has 0 radical (unpaired) electrons. The predicted molar refractivity (Wildman–Crippen MR) is 107 cm³/mol. The van der Waals surface area contributed by atoms with E-state index in [1.807, 2.05) is 44.2 Å².